The van der Waals surface area contributed by atoms with E-state index in [1.54, 1.807) is 6.92 Å². The SMILES string of the molecule is CC(Cc1ccc2ccccc2c1)(NC(=O)O)C(=O)NCCc1ccccc1. The van der Waals surface area contributed by atoms with Gasteiger partial charge in [-0.25, -0.2) is 4.79 Å². The molecular weight excluding hydrogens is 352 g/mol. The van der Waals surface area contributed by atoms with Gasteiger partial charge in [-0.05, 0) is 35.2 Å². The van der Waals surface area contributed by atoms with Gasteiger partial charge in [-0.15, -0.1) is 0 Å². The number of fused-ring (bicyclic) bond motifs is 1. The maximum atomic E-state index is 12.8. The van der Waals surface area contributed by atoms with Crippen molar-refractivity contribution in [2.24, 2.45) is 0 Å². The molecule has 0 aromatic heterocycles. The molecule has 5 heteroatoms. The Labute approximate surface area is 164 Å². The zero-order chi connectivity index (χ0) is 20.0. The fraction of sp³-hybridized carbons (Fsp3) is 0.217. The summed E-state index contributed by atoms with van der Waals surface area (Å²) in [6.45, 7) is 2.06. The van der Waals surface area contributed by atoms with Gasteiger partial charge in [-0.2, -0.15) is 0 Å². The molecule has 1 unspecified atom stereocenters. The molecule has 0 heterocycles. The second kappa shape index (κ2) is 8.57. The lowest BCUT2D eigenvalue weighted by Crippen LogP contribution is -2.58. The van der Waals surface area contributed by atoms with Crippen molar-refractivity contribution in [1.82, 2.24) is 10.6 Å². The Morgan fingerprint density at radius 3 is 2.29 bits per heavy atom. The molecule has 0 bridgehead atoms. The Morgan fingerprint density at radius 2 is 1.57 bits per heavy atom. The molecule has 0 radical (unpaired) electrons. The van der Waals surface area contributed by atoms with Crippen molar-refractivity contribution in [2.75, 3.05) is 6.54 Å². The molecule has 0 aliphatic heterocycles. The van der Waals surface area contributed by atoms with Crippen LogP contribution in [0.2, 0.25) is 0 Å². The van der Waals surface area contributed by atoms with Crippen LogP contribution in [0.5, 0.6) is 0 Å². The first kappa shape index (κ1) is 19.4. The Hall–Kier alpha value is -3.34. The maximum Gasteiger partial charge on any atom is 0.405 e. The van der Waals surface area contributed by atoms with E-state index < -0.39 is 11.6 Å². The minimum atomic E-state index is -1.26. The monoisotopic (exact) mass is 376 g/mol. The lowest BCUT2D eigenvalue weighted by Gasteiger charge is -2.28. The van der Waals surface area contributed by atoms with Crippen LogP contribution in [-0.2, 0) is 17.6 Å². The molecule has 3 rings (SSSR count). The predicted molar refractivity (Wildman–Crippen MR) is 110 cm³/mol. The number of nitrogens with one attached hydrogen (secondary N) is 2. The van der Waals surface area contributed by atoms with Crippen LogP contribution in [0.3, 0.4) is 0 Å². The zero-order valence-corrected chi connectivity index (χ0v) is 15.8. The topological polar surface area (TPSA) is 78.4 Å². The number of hydrogen-bond donors (Lipinski definition) is 3. The largest absolute Gasteiger partial charge is 0.465 e. The first-order valence-electron chi connectivity index (χ1n) is 9.27. The van der Waals surface area contributed by atoms with Crippen molar-refractivity contribution in [3.05, 3.63) is 83.9 Å². The summed E-state index contributed by atoms with van der Waals surface area (Å²) in [5.41, 5.74) is 0.753. The molecular formula is C23H24N2O3. The molecule has 0 saturated heterocycles. The van der Waals surface area contributed by atoms with Gasteiger partial charge in [0.05, 0.1) is 0 Å². The fourth-order valence-electron chi connectivity index (χ4n) is 3.33. The van der Waals surface area contributed by atoms with Gasteiger partial charge in [0.1, 0.15) is 5.54 Å². The van der Waals surface area contributed by atoms with Gasteiger partial charge in [0.25, 0.3) is 0 Å². The lowest BCUT2D eigenvalue weighted by atomic mass is 9.90. The average molecular weight is 376 g/mol. The van der Waals surface area contributed by atoms with E-state index in [4.69, 9.17) is 0 Å². The summed E-state index contributed by atoms with van der Waals surface area (Å²) in [6, 6.07) is 23.7. The Balaban J connectivity index is 1.72. The van der Waals surface area contributed by atoms with Gasteiger partial charge < -0.3 is 15.7 Å². The Kier molecular flexibility index (Phi) is 5.94. The third-order valence-electron chi connectivity index (χ3n) is 4.80. The molecule has 3 aromatic rings. The highest BCUT2D eigenvalue weighted by Gasteiger charge is 2.35. The minimum absolute atomic E-state index is 0.265. The maximum absolute atomic E-state index is 12.8. The lowest BCUT2D eigenvalue weighted by molar-refractivity contribution is -0.126. The highest BCUT2D eigenvalue weighted by atomic mass is 16.4. The number of carbonyl (C=O) groups excluding carboxylic acids is 1. The number of hydrogen-bond acceptors (Lipinski definition) is 2. The number of carbonyl (C=O) groups is 2. The highest BCUT2D eigenvalue weighted by molar-refractivity contribution is 5.90. The van der Waals surface area contributed by atoms with Crippen molar-refractivity contribution in [3.8, 4) is 0 Å². The molecule has 1 atom stereocenters. The quantitative estimate of drug-likeness (QED) is 0.587. The van der Waals surface area contributed by atoms with Crippen molar-refractivity contribution >= 4 is 22.8 Å². The van der Waals surface area contributed by atoms with Crippen LogP contribution in [0.15, 0.2) is 72.8 Å². The summed E-state index contributed by atoms with van der Waals surface area (Å²) >= 11 is 0. The molecule has 0 fully saturated rings. The molecule has 0 aliphatic carbocycles. The normalized spacial score (nSPS) is 12.9. The number of amides is 2. The van der Waals surface area contributed by atoms with E-state index >= 15 is 0 Å². The van der Waals surface area contributed by atoms with Crippen LogP contribution in [0, 0.1) is 0 Å². The van der Waals surface area contributed by atoms with E-state index in [1.165, 1.54) is 0 Å². The standard InChI is InChI=1S/C23H24N2O3/c1-23(25-22(27)28,21(26)24-14-13-17-7-3-2-4-8-17)16-18-11-12-19-9-5-6-10-20(19)15-18/h2-12,15,25H,13-14,16H2,1H3,(H,24,26)(H,27,28). The average Bonchev–Trinajstić information content (AvgIpc) is 2.68. The molecule has 28 heavy (non-hydrogen) atoms. The van der Waals surface area contributed by atoms with Gasteiger partial charge in [-0.1, -0.05) is 72.8 Å². The third kappa shape index (κ3) is 4.88. The summed E-state index contributed by atoms with van der Waals surface area (Å²) in [7, 11) is 0. The van der Waals surface area contributed by atoms with E-state index in [1.807, 2.05) is 72.8 Å². The first-order valence-corrected chi connectivity index (χ1v) is 9.27. The van der Waals surface area contributed by atoms with E-state index in [2.05, 4.69) is 10.6 Å². The molecule has 5 nitrogen and oxygen atoms in total. The van der Waals surface area contributed by atoms with Crippen molar-refractivity contribution < 1.29 is 14.7 Å². The van der Waals surface area contributed by atoms with Gasteiger partial charge >= 0.3 is 6.09 Å². The Morgan fingerprint density at radius 1 is 0.893 bits per heavy atom. The number of rotatable bonds is 7. The Bertz CT molecular complexity index is 972. The molecule has 0 spiro atoms. The van der Waals surface area contributed by atoms with Crippen LogP contribution >= 0.6 is 0 Å². The first-order chi connectivity index (χ1) is 13.5. The highest BCUT2D eigenvalue weighted by Crippen LogP contribution is 2.20. The van der Waals surface area contributed by atoms with Gasteiger partial charge in [0.2, 0.25) is 5.91 Å². The van der Waals surface area contributed by atoms with E-state index in [-0.39, 0.29) is 12.3 Å². The molecule has 3 aromatic carbocycles. The van der Waals surface area contributed by atoms with Crippen molar-refractivity contribution in [3.63, 3.8) is 0 Å². The minimum Gasteiger partial charge on any atom is -0.465 e. The second-order valence-corrected chi connectivity index (χ2v) is 7.11. The van der Waals surface area contributed by atoms with Crippen molar-refractivity contribution in [1.29, 1.82) is 0 Å². The van der Waals surface area contributed by atoms with E-state index in [9.17, 15) is 14.7 Å². The fourth-order valence-corrected chi connectivity index (χ4v) is 3.33. The predicted octanol–water partition coefficient (Wildman–Crippen LogP) is 3.77. The number of benzene rings is 3. The summed E-state index contributed by atoms with van der Waals surface area (Å²) < 4.78 is 0. The molecule has 2 amide bonds. The number of carboxylic acid groups (broad SMARTS) is 1. The summed E-state index contributed by atoms with van der Waals surface area (Å²) in [5, 5.41) is 16.7. The van der Waals surface area contributed by atoms with Crippen LogP contribution in [-0.4, -0.2) is 29.2 Å². The van der Waals surface area contributed by atoms with E-state index in [0.29, 0.717) is 13.0 Å². The van der Waals surface area contributed by atoms with Crippen LogP contribution in [0.1, 0.15) is 18.1 Å². The van der Waals surface area contributed by atoms with E-state index in [0.717, 1.165) is 21.9 Å². The van der Waals surface area contributed by atoms with Gasteiger partial charge in [-0.3, -0.25) is 4.79 Å². The van der Waals surface area contributed by atoms with Crippen LogP contribution in [0.4, 0.5) is 4.79 Å². The van der Waals surface area contributed by atoms with Crippen LogP contribution < -0.4 is 10.6 Å². The molecule has 144 valence electrons. The summed E-state index contributed by atoms with van der Waals surface area (Å²) in [5.74, 6) is -0.334. The molecule has 3 N–H and O–H groups in total. The van der Waals surface area contributed by atoms with Crippen LogP contribution in [0.25, 0.3) is 10.8 Å². The second-order valence-electron chi connectivity index (χ2n) is 7.11. The third-order valence-corrected chi connectivity index (χ3v) is 4.80. The molecule has 0 saturated carbocycles. The zero-order valence-electron chi connectivity index (χ0n) is 15.8. The molecule has 0 aliphatic rings. The van der Waals surface area contributed by atoms with Crippen molar-refractivity contribution in [2.45, 2.75) is 25.3 Å². The smallest absolute Gasteiger partial charge is 0.405 e. The van der Waals surface area contributed by atoms with Gasteiger partial charge in [0, 0.05) is 13.0 Å². The van der Waals surface area contributed by atoms with Gasteiger partial charge in [0.15, 0.2) is 0 Å². The summed E-state index contributed by atoms with van der Waals surface area (Å²) in [6.07, 6.45) is -0.269. The summed E-state index contributed by atoms with van der Waals surface area (Å²) in [4.78, 5) is 24.1.